The number of rotatable bonds is 0. The zero-order valence-corrected chi connectivity index (χ0v) is 5.66. The van der Waals surface area contributed by atoms with Crippen LogP contribution in [0.5, 0.6) is 0 Å². The fourth-order valence-electron chi connectivity index (χ4n) is 0. The van der Waals surface area contributed by atoms with E-state index >= 15 is 0 Å². The van der Waals surface area contributed by atoms with Gasteiger partial charge in [0.15, 0.2) is 0 Å². The topological polar surface area (TPSA) is 0 Å². The third-order valence-corrected chi connectivity index (χ3v) is 0. The molecule has 0 atom stereocenters. The molecule has 0 aliphatic rings. The fourth-order valence-corrected chi connectivity index (χ4v) is 0. The molecule has 0 aromatic carbocycles. The zero-order valence-electron chi connectivity index (χ0n) is 1.43. The molecule has 0 radical (unpaired) electrons. The number of halogens is 2. The maximum absolute atomic E-state index is 4.85. The molecule has 4 heavy (non-hydrogen) atoms. The molecule has 0 aliphatic heterocycles. The van der Waals surface area contributed by atoms with E-state index in [-0.39, 0.29) is 31.6 Å². The molecule has 0 spiro atoms. The Balaban J connectivity index is 0. The van der Waals surface area contributed by atoms with Crippen molar-refractivity contribution in [2.24, 2.45) is 0 Å². The maximum atomic E-state index is 4.85. The second-order valence-corrected chi connectivity index (χ2v) is 2.69. The molecule has 0 rings (SSSR count). The number of hydrogen-bond donors (Lipinski definition) is 0. The summed E-state index contributed by atoms with van der Waals surface area (Å²) in [4.78, 5) is 0. The Morgan fingerprint density at radius 1 is 1.25 bits per heavy atom. The zero-order chi connectivity index (χ0) is 2.71. The third kappa shape index (κ3) is 9.34. The van der Waals surface area contributed by atoms with Gasteiger partial charge in [0.1, 0.15) is 0 Å². The van der Waals surface area contributed by atoms with Gasteiger partial charge in [-0.05, 0) is 0 Å². The summed E-state index contributed by atoms with van der Waals surface area (Å²) in [7, 11) is 9.71. The molecule has 0 saturated heterocycles. The second kappa shape index (κ2) is 8.83. The van der Waals surface area contributed by atoms with Gasteiger partial charge in [0, 0.05) is 16.5 Å². The first-order valence-electron chi connectivity index (χ1n) is 0.267. The molecule has 0 amide bonds. The van der Waals surface area contributed by atoms with E-state index < -0.39 is 0 Å². The first-order chi connectivity index (χ1) is 1.41. The van der Waals surface area contributed by atoms with Crippen molar-refractivity contribution in [3.8, 4) is 0 Å². The van der Waals surface area contributed by atoms with Gasteiger partial charge in [0.05, 0.1) is 0 Å². The van der Waals surface area contributed by atoms with Crippen LogP contribution in [0.3, 0.4) is 0 Å². The van der Waals surface area contributed by atoms with Gasteiger partial charge in [0.2, 0.25) is 0 Å². The Kier molecular flexibility index (Phi) is 20.3. The van der Waals surface area contributed by atoms with E-state index in [1.165, 1.54) is 0 Å². The van der Waals surface area contributed by atoms with Gasteiger partial charge >= 0.3 is 34.5 Å². The van der Waals surface area contributed by atoms with E-state index in [0.717, 1.165) is 0 Å². The van der Waals surface area contributed by atoms with Crippen LogP contribution in [-0.2, 0) is 31.6 Å². The van der Waals surface area contributed by atoms with Crippen LogP contribution in [-0.4, -0.2) is 0 Å². The Morgan fingerprint density at radius 3 is 1.25 bits per heavy atom. The van der Waals surface area contributed by atoms with Gasteiger partial charge < -0.3 is 0 Å². The Bertz CT molecular complexity index is 6.00. The average Bonchev–Trinajstić information content (AvgIpc) is 0.918. The summed E-state index contributed by atoms with van der Waals surface area (Å²) >= 11 is -0.346. The van der Waals surface area contributed by atoms with Crippen LogP contribution >= 0.6 is 19.4 Å². The Labute approximate surface area is 50.8 Å². The van der Waals surface area contributed by atoms with E-state index in [0.29, 0.717) is 0 Å². The molecule has 0 unspecified atom stereocenters. The predicted molar refractivity (Wildman–Crippen MR) is 11.7 cm³/mol. The van der Waals surface area contributed by atoms with Crippen LogP contribution in [0.1, 0.15) is 0 Å². The Morgan fingerprint density at radius 2 is 1.25 bits per heavy atom. The molecule has 0 N–H and O–H groups in total. The molecular weight excluding hydrogens is 231 g/mol. The van der Waals surface area contributed by atoms with Gasteiger partial charge in [-0.15, -0.1) is 0 Å². The molecule has 0 fully saturated rings. The average molecular weight is 231 g/mol. The molecule has 4 heteroatoms. The van der Waals surface area contributed by atoms with Crippen LogP contribution in [0.2, 0.25) is 0 Å². The largest absolute Gasteiger partial charge is 0 e. The predicted octanol–water partition coefficient (Wildman–Crippen LogP) is 1.37. The van der Waals surface area contributed by atoms with E-state index in [1.807, 2.05) is 0 Å². The monoisotopic (exact) mass is 230 g/mol. The number of hydrogen-bond acceptors (Lipinski definition) is 0. The van der Waals surface area contributed by atoms with Crippen molar-refractivity contribution < 1.29 is 31.6 Å². The second-order valence-electron chi connectivity index (χ2n) is 0.0505. The van der Waals surface area contributed by atoms with Gasteiger partial charge in [-0.2, -0.15) is 0 Å². The third-order valence-electron chi connectivity index (χ3n) is 0. The van der Waals surface area contributed by atoms with Crippen LogP contribution in [0.4, 0.5) is 0 Å². The van der Waals surface area contributed by atoms with Gasteiger partial charge in [-0.25, -0.2) is 0 Å². The van der Waals surface area contributed by atoms with Gasteiger partial charge in [-0.3, -0.25) is 0 Å². The van der Waals surface area contributed by atoms with Crippen molar-refractivity contribution in [2.75, 3.05) is 0 Å². The minimum absolute atomic E-state index is 0. The van der Waals surface area contributed by atoms with E-state index in [2.05, 4.69) is 0 Å². The molecule has 32 valence electrons. The molecular formula is Cl2NiRu. The summed E-state index contributed by atoms with van der Waals surface area (Å²) in [5.41, 5.74) is 0. The molecule has 0 saturated carbocycles. The van der Waals surface area contributed by atoms with Crippen LogP contribution in [0.25, 0.3) is 0 Å². The minimum atomic E-state index is -0.346. The van der Waals surface area contributed by atoms with Crippen molar-refractivity contribution in [1.82, 2.24) is 0 Å². The fraction of sp³-hybridized carbons (Fsp3) is 0. The van der Waals surface area contributed by atoms with E-state index in [1.54, 1.807) is 0 Å². The first-order valence-corrected chi connectivity index (χ1v) is 4.74. The normalized spacial score (nSPS) is 5.50. The quantitative estimate of drug-likeness (QED) is 0.552. The standard InChI is InChI=1S/2ClH.Ni.Ru/h2*1H;;/q;;;+2/p-2. The minimum Gasteiger partial charge on any atom is 0 e. The summed E-state index contributed by atoms with van der Waals surface area (Å²) in [6.45, 7) is 0. The van der Waals surface area contributed by atoms with Crippen molar-refractivity contribution in [1.29, 1.82) is 0 Å². The summed E-state index contributed by atoms with van der Waals surface area (Å²) in [5.74, 6) is 0. The van der Waals surface area contributed by atoms with Gasteiger partial charge in [-0.1, -0.05) is 0 Å². The van der Waals surface area contributed by atoms with E-state index in [4.69, 9.17) is 19.4 Å². The van der Waals surface area contributed by atoms with Crippen LogP contribution in [0, 0.1) is 0 Å². The van der Waals surface area contributed by atoms with Crippen molar-refractivity contribution in [3.05, 3.63) is 0 Å². The van der Waals surface area contributed by atoms with Crippen LogP contribution < -0.4 is 0 Å². The molecule has 0 heterocycles. The van der Waals surface area contributed by atoms with E-state index in [9.17, 15) is 0 Å². The van der Waals surface area contributed by atoms with Crippen molar-refractivity contribution >= 4 is 19.4 Å². The van der Waals surface area contributed by atoms with Crippen molar-refractivity contribution in [2.45, 2.75) is 0 Å². The molecule has 0 aliphatic carbocycles. The summed E-state index contributed by atoms with van der Waals surface area (Å²) in [5, 5.41) is 0. The summed E-state index contributed by atoms with van der Waals surface area (Å²) in [6, 6.07) is 0. The maximum Gasteiger partial charge on any atom is 0 e. The van der Waals surface area contributed by atoms with Gasteiger partial charge in [0.25, 0.3) is 0 Å². The summed E-state index contributed by atoms with van der Waals surface area (Å²) in [6.07, 6.45) is 0. The SMILES string of the molecule is [Cl][Ru][Cl].[Ni]. The van der Waals surface area contributed by atoms with Crippen molar-refractivity contribution in [3.63, 3.8) is 0 Å². The molecule has 0 aromatic heterocycles. The smallest absolute Gasteiger partial charge is 0 e. The summed E-state index contributed by atoms with van der Waals surface area (Å²) < 4.78 is 0. The first kappa shape index (κ1) is 9.20. The van der Waals surface area contributed by atoms with Crippen LogP contribution in [0.15, 0.2) is 0 Å². The Hall–Kier alpha value is 1.70. The molecule has 0 aromatic rings. The molecule has 0 bridgehead atoms. The molecule has 0 nitrogen and oxygen atoms in total.